The Kier molecular flexibility index (Phi) is 10.3. The van der Waals surface area contributed by atoms with Gasteiger partial charge in [0.05, 0.1) is 28.2 Å². The fourth-order valence-corrected chi connectivity index (χ4v) is 8.09. The molecule has 3 N–H and O–H groups in total. The predicted octanol–water partition coefficient (Wildman–Crippen LogP) is 2.46. The highest BCUT2D eigenvalue weighted by Gasteiger charge is 2.44. The van der Waals surface area contributed by atoms with E-state index in [1.807, 2.05) is 16.9 Å². The van der Waals surface area contributed by atoms with Crippen LogP contribution in [0.15, 0.2) is 70.7 Å². The molecule has 2 saturated heterocycles. The fraction of sp³-hybridized carbons (Fsp3) is 0.516. The Bertz CT molecular complexity index is 1670. The van der Waals surface area contributed by atoms with Crippen molar-refractivity contribution in [3.05, 3.63) is 60.9 Å². The van der Waals surface area contributed by atoms with E-state index >= 15 is 0 Å². The molecule has 2 aromatic carbocycles. The van der Waals surface area contributed by atoms with Crippen LogP contribution < -0.4 is 14.8 Å². The van der Waals surface area contributed by atoms with E-state index in [1.54, 1.807) is 40.8 Å². The van der Waals surface area contributed by atoms with Crippen molar-refractivity contribution < 1.29 is 31.4 Å². The van der Waals surface area contributed by atoms with Gasteiger partial charge in [-0.05, 0) is 62.1 Å². The second kappa shape index (κ2) is 13.9. The monoisotopic (exact) mass is 661 g/mol. The molecule has 14 heteroatoms. The molecule has 45 heavy (non-hydrogen) atoms. The van der Waals surface area contributed by atoms with Crippen molar-refractivity contribution in [1.82, 2.24) is 24.1 Å². The predicted molar refractivity (Wildman–Crippen MR) is 170 cm³/mol. The molecule has 3 aromatic rings. The van der Waals surface area contributed by atoms with Crippen LogP contribution >= 0.6 is 0 Å². The van der Waals surface area contributed by atoms with Gasteiger partial charge in [0.15, 0.2) is 0 Å². The number of rotatable bonds is 13. The van der Waals surface area contributed by atoms with Gasteiger partial charge in [-0.1, -0.05) is 32.0 Å². The number of hydrogen-bond acceptors (Lipinski definition) is 9. The summed E-state index contributed by atoms with van der Waals surface area (Å²) in [6.45, 7) is 6.50. The van der Waals surface area contributed by atoms with Crippen molar-refractivity contribution in [1.29, 1.82) is 0 Å². The van der Waals surface area contributed by atoms with Gasteiger partial charge in [0, 0.05) is 50.0 Å². The molecule has 12 nitrogen and oxygen atoms in total. The number of aliphatic hydroxyl groups is 1. The first kappa shape index (κ1) is 33.5. The molecular formula is C31H43N5O7S2. The number of aromatic nitrogens is 2. The summed E-state index contributed by atoms with van der Waals surface area (Å²) in [5, 5.41) is 18.2. The summed E-state index contributed by atoms with van der Waals surface area (Å²) in [4.78, 5) is 0.354. The molecular weight excluding hydrogens is 619 g/mol. The van der Waals surface area contributed by atoms with Gasteiger partial charge in [-0.15, -0.1) is 0 Å². The van der Waals surface area contributed by atoms with Gasteiger partial charge in [0.25, 0.3) is 0 Å². The zero-order valence-corrected chi connectivity index (χ0v) is 27.6. The highest BCUT2D eigenvalue weighted by Crippen LogP contribution is 2.37. The molecule has 1 unspecified atom stereocenters. The van der Waals surface area contributed by atoms with Crippen molar-refractivity contribution in [2.24, 2.45) is 5.92 Å². The molecule has 246 valence electrons. The number of ether oxygens (including phenoxy) is 2. The molecule has 2 atom stereocenters. The molecule has 0 bridgehead atoms. The second-order valence-corrected chi connectivity index (χ2v) is 16.1. The number of sulfonamides is 2. The molecule has 0 saturated carbocycles. The van der Waals surface area contributed by atoms with E-state index < -0.39 is 31.8 Å². The maximum atomic E-state index is 13.6. The molecule has 2 aliphatic heterocycles. The minimum atomic E-state index is -3.68. The van der Waals surface area contributed by atoms with Crippen LogP contribution in [0.1, 0.15) is 33.1 Å². The normalized spacial score (nSPS) is 19.7. The van der Waals surface area contributed by atoms with E-state index in [4.69, 9.17) is 9.47 Å². The fourth-order valence-electron chi connectivity index (χ4n) is 5.83. The number of hydrogen-bond donors (Lipinski definition) is 3. The van der Waals surface area contributed by atoms with Gasteiger partial charge >= 0.3 is 0 Å². The average molecular weight is 662 g/mol. The molecule has 0 amide bonds. The van der Waals surface area contributed by atoms with Crippen LogP contribution in [0.25, 0.3) is 11.1 Å². The molecule has 3 heterocycles. The van der Waals surface area contributed by atoms with Crippen LogP contribution in [-0.2, 0) is 31.3 Å². The SMILES string of the molecule is CNS(=O)(=O)c1cccc(OC[C@@H](O)CNC2COC3(CCN(S(=O)(=O)c4cccc(-c5cnn(CC(C)C)c5)c4)CC3)C2)c1. The third-order valence-corrected chi connectivity index (χ3v) is 11.6. The first-order valence-corrected chi connectivity index (χ1v) is 18.2. The Balaban J connectivity index is 1.10. The molecule has 2 aliphatic rings. The van der Waals surface area contributed by atoms with Crippen LogP contribution in [0.2, 0.25) is 0 Å². The average Bonchev–Trinajstić information content (AvgIpc) is 3.66. The quantitative estimate of drug-likeness (QED) is 0.251. The summed E-state index contributed by atoms with van der Waals surface area (Å²) >= 11 is 0. The Morgan fingerprint density at radius 1 is 1.07 bits per heavy atom. The third kappa shape index (κ3) is 8.12. The lowest BCUT2D eigenvalue weighted by Crippen LogP contribution is -2.47. The van der Waals surface area contributed by atoms with Crippen molar-refractivity contribution in [3.8, 4) is 16.9 Å². The molecule has 0 radical (unpaired) electrons. The Hall–Kier alpha value is -2.85. The van der Waals surface area contributed by atoms with Crippen molar-refractivity contribution >= 4 is 20.0 Å². The van der Waals surface area contributed by atoms with Gasteiger partial charge in [-0.25, -0.2) is 21.6 Å². The smallest absolute Gasteiger partial charge is 0.243 e. The Morgan fingerprint density at radius 3 is 2.53 bits per heavy atom. The van der Waals surface area contributed by atoms with E-state index in [0.29, 0.717) is 50.6 Å². The van der Waals surface area contributed by atoms with E-state index in [-0.39, 0.29) is 29.0 Å². The van der Waals surface area contributed by atoms with Gasteiger partial charge in [-0.2, -0.15) is 9.40 Å². The maximum absolute atomic E-state index is 13.6. The van der Waals surface area contributed by atoms with Crippen LogP contribution in [0.4, 0.5) is 0 Å². The van der Waals surface area contributed by atoms with Crippen LogP contribution in [-0.4, -0.2) is 93.7 Å². The largest absolute Gasteiger partial charge is 0.491 e. The van der Waals surface area contributed by atoms with E-state index in [9.17, 15) is 21.9 Å². The Morgan fingerprint density at radius 2 is 1.80 bits per heavy atom. The van der Waals surface area contributed by atoms with Gasteiger partial charge in [0.1, 0.15) is 18.5 Å². The zero-order chi connectivity index (χ0) is 32.2. The number of nitrogens with one attached hydrogen (secondary N) is 2. The second-order valence-electron chi connectivity index (χ2n) is 12.2. The van der Waals surface area contributed by atoms with Crippen molar-refractivity contribution in [2.45, 2.75) is 67.2 Å². The topological polar surface area (TPSA) is 152 Å². The Labute approximate surface area is 265 Å². The summed E-state index contributed by atoms with van der Waals surface area (Å²) in [6, 6.07) is 13.1. The van der Waals surface area contributed by atoms with E-state index in [0.717, 1.165) is 17.7 Å². The van der Waals surface area contributed by atoms with Gasteiger partial charge in [-0.3, -0.25) is 4.68 Å². The van der Waals surface area contributed by atoms with Crippen LogP contribution in [0, 0.1) is 5.92 Å². The summed E-state index contributed by atoms with van der Waals surface area (Å²) in [5.41, 5.74) is 1.29. The van der Waals surface area contributed by atoms with Gasteiger partial charge < -0.3 is 19.9 Å². The number of nitrogens with zero attached hydrogens (tertiary/aromatic N) is 3. The molecule has 1 spiro atoms. The van der Waals surface area contributed by atoms with E-state index in [2.05, 4.69) is 29.0 Å². The summed E-state index contributed by atoms with van der Waals surface area (Å²) < 4.78 is 68.7. The first-order valence-electron chi connectivity index (χ1n) is 15.2. The number of benzene rings is 2. The molecule has 1 aromatic heterocycles. The lowest BCUT2D eigenvalue weighted by molar-refractivity contribution is -0.0312. The van der Waals surface area contributed by atoms with Gasteiger partial charge in [0.2, 0.25) is 20.0 Å². The van der Waals surface area contributed by atoms with E-state index in [1.165, 1.54) is 19.2 Å². The minimum absolute atomic E-state index is 0.0108. The molecule has 2 fully saturated rings. The lowest BCUT2D eigenvalue weighted by Gasteiger charge is -2.38. The summed E-state index contributed by atoms with van der Waals surface area (Å²) in [5.74, 6) is 0.802. The third-order valence-electron chi connectivity index (χ3n) is 8.30. The maximum Gasteiger partial charge on any atom is 0.243 e. The molecule has 0 aliphatic carbocycles. The number of piperidine rings is 1. The first-order chi connectivity index (χ1) is 21.4. The highest BCUT2D eigenvalue weighted by molar-refractivity contribution is 7.89. The highest BCUT2D eigenvalue weighted by atomic mass is 32.2. The lowest BCUT2D eigenvalue weighted by atomic mass is 9.88. The molecule has 5 rings (SSSR count). The standard InChI is InChI=1S/C31H43N5O7S2/c1-23(2)19-35-20-25(17-34-35)24-6-4-9-30(14-24)45(40,41)36-12-10-31(11-13-36)16-26(21-43-31)33-18-27(37)22-42-28-7-5-8-29(15-28)44(38,39)32-3/h4-9,14-15,17,20,23,26-27,32-33,37H,10-13,16,18-19,21-22H2,1-3H3/t26?,27-/m0/s1. The zero-order valence-electron chi connectivity index (χ0n) is 25.9. The minimum Gasteiger partial charge on any atom is -0.491 e. The summed E-state index contributed by atoms with van der Waals surface area (Å²) in [6.07, 6.45) is 4.79. The van der Waals surface area contributed by atoms with Crippen LogP contribution in [0.5, 0.6) is 5.75 Å². The van der Waals surface area contributed by atoms with Crippen LogP contribution in [0.3, 0.4) is 0 Å². The van der Waals surface area contributed by atoms with Crippen molar-refractivity contribution in [2.75, 3.05) is 39.9 Å². The van der Waals surface area contributed by atoms with Crippen molar-refractivity contribution in [3.63, 3.8) is 0 Å². The summed E-state index contributed by atoms with van der Waals surface area (Å²) in [7, 11) is -5.93. The number of aliphatic hydroxyl groups excluding tert-OH is 1.